The van der Waals surface area contributed by atoms with Crippen molar-refractivity contribution < 1.29 is 9.32 Å². The van der Waals surface area contributed by atoms with Crippen molar-refractivity contribution in [2.45, 2.75) is 6.92 Å². The largest absolute Gasteiger partial charge is 0.334 e. The van der Waals surface area contributed by atoms with Crippen molar-refractivity contribution in [1.29, 1.82) is 0 Å². The van der Waals surface area contributed by atoms with Gasteiger partial charge in [-0.1, -0.05) is 11.2 Å². The number of amides is 1. The van der Waals surface area contributed by atoms with Crippen LogP contribution in [0.5, 0.6) is 0 Å². The molecule has 118 valence electrons. The number of nitrogens with zero attached hydrogens (tertiary/aromatic N) is 5. The monoisotopic (exact) mass is 320 g/mol. The molecule has 1 N–H and O–H groups in total. The first kappa shape index (κ1) is 14.1. The zero-order valence-electron chi connectivity index (χ0n) is 12.7. The van der Waals surface area contributed by atoms with Crippen molar-refractivity contribution in [3.8, 4) is 22.8 Å². The summed E-state index contributed by atoms with van der Waals surface area (Å²) < 4.78 is 7.12. The summed E-state index contributed by atoms with van der Waals surface area (Å²) >= 11 is 0. The molecule has 8 heteroatoms. The molecular formula is C16H12N6O2. The first-order chi connectivity index (χ1) is 11.7. The molecule has 4 rings (SSSR count). The SMILES string of the molecule is CC(=O)Nc1cccc(-c2nc(-c3ccc4nncn4c3)no2)c1. The average Bonchev–Trinajstić information content (AvgIpc) is 3.23. The van der Waals surface area contributed by atoms with E-state index >= 15 is 0 Å². The van der Waals surface area contributed by atoms with Gasteiger partial charge >= 0.3 is 0 Å². The Labute approximate surface area is 136 Å². The molecule has 0 unspecified atom stereocenters. The summed E-state index contributed by atoms with van der Waals surface area (Å²) in [6, 6.07) is 10.9. The smallest absolute Gasteiger partial charge is 0.258 e. The van der Waals surface area contributed by atoms with Crippen LogP contribution in [0.15, 0.2) is 53.4 Å². The zero-order valence-corrected chi connectivity index (χ0v) is 12.7. The van der Waals surface area contributed by atoms with Gasteiger partial charge in [0.15, 0.2) is 5.65 Å². The van der Waals surface area contributed by atoms with E-state index < -0.39 is 0 Å². The van der Waals surface area contributed by atoms with Gasteiger partial charge in [-0.2, -0.15) is 4.98 Å². The second-order valence-electron chi connectivity index (χ2n) is 5.20. The first-order valence-corrected chi connectivity index (χ1v) is 7.20. The lowest BCUT2D eigenvalue weighted by molar-refractivity contribution is -0.114. The van der Waals surface area contributed by atoms with Crippen LogP contribution in [0.3, 0.4) is 0 Å². The van der Waals surface area contributed by atoms with E-state index in [9.17, 15) is 4.79 Å². The Morgan fingerprint density at radius 3 is 3.00 bits per heavy atom. The molecular weight excluding hydrogens is 308 g/mol. The molecule has 0 saturated heterocycles. The molecule has 24 heavy (non-hydrogen) atoms. The maximum atomic E-state index is 11.2. The van der Waals surface area contributed by atoms with Crippen LogP contribution >= 0.6 is 0 Å². The topological polar surface area (TPSA) is 98.2 Å². The molecule has 0 aliphatic heterocycles. The second-order valence-corrected chi connectivity index (χ2v) is 5.20. The Kier molecular flexibility index (Phi) is 3.27. The lowest BCUT2D eigenvalue weighted by Gasteiger charge is -2.02. The van der Waals surface area contributed by atoms with Crippen LogP contribution in [0.1, 0.15) is 6.92 Å². The van der Waals surface area contributed by atoms with Crippen molar-refractivity contribution in [2.75, 3.05) is 5.32 Å². The molecule has 0 radical (unpaired) electrons. The highest BCUT2D eigenvalue weighted by molar-refractivity contribution is 5.89. The Hall–Kier alpha value is -3.55. The van der Waals surface area contributed by atoms with E-state index in [-0.39, 0.29) is 5.91 Å². The lowest BCUT2D eigenvalue weighted by Crippen LogP contribution is -2.05. The van der Waals surface area contributed by atoms with Crippen molar-refractivity contribution in [3.05, 3.63) is 48.9 Å². The Morgan fingerprint density at radius 1 is 1.21 bits per heavy atom. The van der Waals surface area contributed by atoms with E-state index in [0.717, 1.165) is 16.8 Å². The molecule has 0 fully saturated rings. The Balaban J connectivity index is 1.68. The van der Waals surface area contributed by atoms with E-state index in [1.165, 1.54) is 6.92 Å². The molecule has 0 aliphatic rings. The van der Waals surface area contributed by atoms with Gasteiger partial charge in [0.25, 0.3) is 5.89 Å². The van der Waals surface area contributed by atoms with E-state index in [2.05, 4.69) is 25.7 Å². The van der Waals surface area contributed by atoms with E-state index in [1.807, 2.05) is 30.5 Å². The normalized spacial score (nSPS) is 10.9. The fraction of sp³-hybridized carbons (Fsp3) is 0.0625. The molecule has 4 aromatic rings. The number of fused-ring (bicyclic) bond motifs is 1. The Bertz CT molecular complexity index is 1040. The van der Waals surface area contributed by atoms with Gasteiger partial charge in [-0.15, -0.1) is 10.2 Å². The number of benzene rings is 1. The summed E-state index contributed by atoms with van der Waals surface area (Å²) in [6.07, 6.45) is 3.44. The molecule has 0 bridgehead atoms. The molecule has 0 atom stereocenters. The van der Waals surface area contributed by atoms with Crippen LogP contribution in [-0.4, -0.2) is 30.6 Å². The fourth-order valence-electron chi connectivity index (χ4n) is 2.35. The van der Waals surface area contributed by atoms with Crippen LogP contribution in [-0.2, 0) is 4.79 Å². The summed E-state index contributed by atoms with van der Waals surface area (Å²) in [6.45, 7) is 1.46. The molecule has 3 heterocycles. The Morgan fingerprint density at radius 2 is 2.12 bits per heavy atom. The molecule has 1 amide bonds. The van der Waals surface area contributed by atoms with Crippen molar-refractivity contribution in [1.82, 2.24) is 24.7 Å². The van der Waals surface area contributed by atoms with Gasteiger partial charge in [-0.05, 0) is 30.3 Å². The fourth-order valence-corrected chi connectivity index (χ4v) is 2.35. The van der Waals surface area contributed by atoms with E-state index in [1.54, 1.807) is 22.9 Å². The van der Waals surface area contributed by atoms with Gasteiger partial charge < -0.3 is 9.84 Å². The average molecular weight is 320 g/mol. The van der Waals surface area contributed by atoms with Crippen molar-refractivity contribution in [3.63, 3.8) is 0 Å². The maximum absolute atomic E-state index is 11.2. The number of nitrogens with one attached hydrogen (secondary N) is 1. The number of rotatable bonds is 3. The summed E-state index contributed by atoms with van der Waals surface area (Å²) in [7, 11) is 0. The number of hydrogen-bond acceptors (Lipinski definition) is 6. The third-order valence-corrected chi connectivity index (χ3v) is 3.41. The molecule has 8 nitrogen and oxygen atoms in total. The van der Waals surface area contributed by atoms with E-state index in [0.29, 0.717) is 17.4 Å². The highest BCUT2D eigenvalue weighted by atomic mass is 16.5. The number of anilines is 1. The van der Waals surface area contributed by atoms with Crippen molar-refractivity contribution in [2.24, 2.45) is 0 Å². The zero-order chi connectivity index (χ0) is 16.5. The predicted octanol–water partition coefficient (Wildman–Crippen LogP) is 2.40. The highest BCUT2D eigenvalue weighted by Crippen LogP contribution is 2.24. The highest BCUT2D eigenvalue weighted by Gasteiger charge is 2.12. The number of pyridine rings is 1. The van der Waals surface area contributed by atoms with Gasteiger partial charge in [-0.25, -0.2) is 0 Å². The molecule has 0 spiro atoms. The lowest BCUT2D eigenvalue weighted by atomic mass is 10.2. The summed E-state index contributed by atoms with van der Waals surface area (Å²) in [4.78, 5) is 15.6. The minimum absolute atomic E-state index is 0.138. The van der Waals surface area contributed by atoms with Gasteiger partial charge in [0.05, 0.1) is 0 Å². The first-order valence-electron chi connectivity index (χ1n) is 7.20. The number of aromatic nitrogens is 5. The molecule has 0 aliphatic carbocycles. The van der Waals surface area contributed by atoms with Gasteiger partial charge in [0.1, 0.15) is 6.33 Å². The van der Waals surface area contributed by atoms with Crippen molar-refractivity contribution >= 4 is 17.2 Å². The van der Waals surface area contributed by atoms with E-state index in [4.69, 9.17) is 4.52 Å². The minimum atomic E-state index is -0.138. The second kappa shape index (κ2) is 5.58. The summed E-state index contributed by atoms with van der Waals surface area (Å²) in [5.41, 5.74) is 2.93. The van der Waals surface area contributed by atoms with Crippen LogP contribution < -0.4 is 5.32 Å². The third-order valence-electron chi connectivity index (χ3n) is 3.41. The van der Waals surface area contributed by atoms with Gasteiger partial charge in [-0.3, -0.25) is 9.20 Å². The minimum Gasteiger partial charge on any atom is -0.334 e. The van der Waals surface area contributed by atoms with Crippen LogP contribution in [0.25, 0.3) is 28.5 Å². The summed E-state index contributed by atoms with van der Waals surface area (Å²) in [5.74, 6) is 0.701. The number of carbonyl (C=O) groups is 1. The predicted molar refractivity (Wildman–Crippen MR) is 86.0 cm³/mol. The molecule has 1 aromatic carbocycles. The quantitative estimate of drug-likeness (QED) is 0.622. The molecule has 0 saturated carbocycles. The van der Waals surface area contributed by atoms with Crippen LogP contribution in [0.2, 0.25) is 0 Å². The van der Waals surface area contributed by atoms with Crippen LogP contribution in [0, 0.1) is 0 Å². The van der Waals surface area contributed by atoms with Gasteiger partial charge in [0, 0.05) is 29.9 Å². The maximum Gasteiger partial charge on any atom is 0.258 e. The standard InChI is InChI=1S/C16H12N6O2/c1-10(23)18-13-4-2-3-11(7-13)16-19-15(21-24-16)12-5-6-14-20-17-9-22(14)8-12/h2-9H,1H3,(H,18,23). The molecule has 3 aromatic heterocycles. The number of carbonyl (C=O) groups excluding carboxylic acids is 1. The number of hydrogen-bond donors (Lipinski definition) is 1. The third kappa shape index (κ3) is 2.60. The van der Waals surface area contributed by atoms with Crippen LogP contribution in [0.4, 0.5) is 5.69 Å². The van der Waals surface area contributed by atoms with Gasteiger partial charge in [0.2, 0.25) is 11.7 Å². The summed E-state index contributed by atoms with van der Waals surface area (Å²) in [5, 5.41) is 14.5.